The van der Waals surface area contributed by atoms with E-state index in [0.717, 1.165) is 11.1 Å². The molecule has 19 heavy (non-hydrogen) atoms. The molecular weight excluding hydrogens is 241 g/mol. The summed E-state index contributed by atoms with van der Waals surface area (Å²) in [6.45, 7) is 3.93. The molecule has 2 rings (SSSR count). The molecule has 0 aliphatic heterocycles. The van der Waals surface area contributed by atoms with Crippen LogP contribution in [0.4, 0.5) is 10.1 Å². The number of hydrogen-bond donors (Lipinski definition) is 2. The average molecular weight is 259 g/mol. The monoisotopic (exact) mass is 259 g/mol. The molecule has 3 heteroatoms. The van der Waals surface area contributed by atoms with Gasteiger partial charge in [-0.1, -0.05) is 35.9 Å². The van der Waals surface area contributed by atoms with Gasteiger partial charge in [0.25, 0.3) is 0 Å². The molecule has 0 saturated carbocycles. The Hall–Kier alpha value is -1.87. The van der Waals surface area contributed by atoms with Crippen molar-refractivity contribution in [2.24, 2.45) is 0 Å². The SMILES string of the molecule is Cc1ccc(C(CO)Nc2ccccc2F)c(C)c1. The van der Waals surface area contributed by atoms with Crippen LogP contribution < -0.4 is 5.32 Å². The molecule has 2 N–H and O–H groups in total. The van der Waals surface area contributed by atoms with Crippen LogP contribution in [-0.2, 0) is 0 Å². The van der Waals surface area contributed by atoms with Gasteiger partial charge >= 0.3 is 0 Å². The maximum absolute atomic E-state index is 13.6. The number of aliphatic hydroxyl groups excluding tert-OH is 1. The fraction of sp³-hybridized carbons (Fsp3) is 0.250. The molecule has 1 atom stereocenters. The number of aliphatic hydroxyl groups is 1. The van der Waals surface area contributed by atoms with Crippen LogP contribution in [0, 0.1) is 19.7 Å². The highest BCUT2D eigenvalue weighted by Crippen LogP contribution is 2.24. The molecule has 0 aliphatic rings. The first-order valence-electron chi connectivity index (χ1n) is 6.31. The molecule has 1 unspecified atom stereocenters. The van der Waals surface area contributed by atoms with Gasteiger partial charge in [0.2, 0.25) is 0 Å². The van der Waals surface area contributed by atoms with Crippen molar-refractivity contribution in [1.29, 1.82) is 0 Å². The van der Waals surface area contributed by atoms with E-state index in [-0.39, 0.29) is 18.5 Å². The summed E-state index contributed by atoms with van der Waals surface area (Å²) in [5, 5.41) is 12.6. The van der Waals surface area contributed by atoms with Gasteiger partial charge in [-0.05, 0) is 37.1 Å². The minimum Gasteiger partial charge on any atom is -0.394 e. The fourth-order valence-electron chi connectivity index (χ4n) is 2.20. The number of hydrogen-bond acceptors (Lipinski definition) is 2. The van der Waals surface area contributed by atoms with Crippen molar-refractivity contribution in [2.45, 2.75) is 19.9 Å². The normalized spacial score (nSPS) is 12.2. The Bertz CT molecular complexity index is 568. The Labute approximate surface area is 112 Å². The third-order valence-corrected chi connectivity index (χ3v) is 3.19. The zero-order valence-electron chi connectivity index (χ0n) is 11.2. The highest BCUT2D eigenvalue weighted by molar-refractivity contribution is 5.48. The molecule has 0 saturated heterocycles. The van der Waals surface area contributed by atoms with Crippen molar-refractivity contribution >= 4 is 5.69 Å². The maximum Gasteiger partial charge on any atom is 0.146 e. The first kappa shape index (κ1) is 13.6. The molecular formula is C16H18FNO. The average Bonchev–Trinajstić information content (AvgIpc) is 2.39. The molecule has 0 fully saturated rings. The van der Waals surface area contributed by atoms with Gasteiger partial charge in [-0.3, -0.25) is 0 Å². The zero-order chi connectivity index (χ0) is 13.8. The Balaban J connectivity index is 2.28. The quantitative estimate of drug-likeness (QED) is 0.879. The molecule has 0 heterocycles. The maximum atomic E-state index is 13.6. The summed E-state index contributed by atoms with van der Waals surface area (Å²) in [5.74, 6) is -0.314. The number of halogens is 1. The fourth-order valence-corrected chi connectivity index (χ4v) is 2.20. The van der Waals surface area contributed by atoms with Crippen LogP contribution in [0.15, 0.2) is 42.5 Å². The summed E-state index contributed by atoms with van der Waals surface area (Å²) >= 11 is 0. The largest absolute Gasteiger partial charge is 0.394 e. The summed E-state index contributed by atoms with van der Waals surface area (Å²) in [5.41, 5.74) is 3.64. The number of benzene rings is 2. The smallest absolute Gasteiger partial charge is 0.146 e. The third kappa shape index (κ3) is 3.12. The second kappa shape index (κ2) is 5.85. The highest BCUT2D eigenvalue weighted by Gasteiger charge is 2.14. The molecule has 2 nitrogen and oxygen atoms in total. The summed E-state index contributed by atoms with van der Waals surface area (Å²) in [6, 6.07) is 12.2. The van der Waals surface area contributed by atoms with Crippen molar-refractivity contribution < 1.29 is 9.50 Å². The van der Waals surface area contributed by atoms with Gasteiger partial charge < -0.3 is 10.4 Å². The van der Waals surface area contributed by atoms with Crippen molar-refractivity contribution in [3.63, 3.8) is 0 Å². The van der Waals surface area contributed by atoms with Crippen LogP contribution >= 0.6 is 0 Å². The zero-order valence-corrected chi connectivity index (χ0v) is 11.2. The lowest BCUT2D eigenvalue weighted by molar-refractivity contribution is 0.275. The van der Waals surface area contributed by atoms with Crippen LogP contribution in [0.2, 0.25) is 0 Å². The van der Waals surface area contributed by atoms with Crippen LogP contribution in [0.3, 0.4) is 0 Å². The number of para-hydroxylation sites is 1. The van der Waals surface area contributed by atoms with Gasteiger partial charge in [0.05, 0.1) is 18.3 Å². The molecule has 100 valence electrons. The van der Waals surface area contributed by atoms with Gasteiger partial charge in [0, 0.05) is 0 Å². The molecule has 2 aromatic rings. The van der Waals surface area contributed by atoms with E-state index in [9.17, 15) is 9.50 Å². The van der Waals surface area contributed by atoms with E-state index in [4.69, 9.17) is 0 Å². The van der Waals surface area contributed by atoms with Crippen LogP contribution in [0.25, 0.3) is 0 Å². The molecule has 0 aliphatic carbocycles. The van der Waals surface area contributed by atoms with E-state index >= 15 is 0 Å². The summed E-state index contributed by atoms with van der Waals surface area (Å²) in [4.78, 5) is 0. The lowest BCUT2D eigenvalue weighted by Crippen LogP contribution is -2.16. The summed E-state index contributed by atoms with van der Waals surface area (Å²) in [7, 11) is 0. The lowest BCUT2D eigenvalue weighted by atomic mass is 9.99. The molecule has 2 aromatic carbocycles. The minimum atomic E-state index is -0.314. The van der Waals surface area contributed by atoms with E-state index in [1.165, 1.54) is 11.6 Å². The lowest BCUT2D eigenvalue weighted by Gasteiger charge is -2.20. The summed E-state index contributed by atoms with van der Waals surface area (Å²) in [6.07, 6.45) is 0. The predicted molar refractivity (Wildman–Crippen MR) is 75.8 cm³/mol. The van der Waals surface area contributed by atoms with E-state index in [2.05, 4.69) is 11.4 Å². The van der Waals surface area contributed by atoms with Gasteiger partial charge in [-0.2, -0.15) is 0 Å². The molecule has 0 spiro atoms. The molecule has 0 amide bonds. The van der Waals surface area contributed by atoms with E-state index < -0.39 is 0 Å². The van der Waals surface area contributed by atoms with Crippen molar-refractivity contribution in [3.05, 3.63) is 65.0 Å². The first-order valence-corrected chi connectivity index (χ1v) is 6.31. The van der Waals surface area contributed by atoms with Crippen LogP contribution in [0.1, 0.15) is 22.7 Å². The Morgan fingerprint density at radius 3 is 2.53 bits per heavy atom. The second-order valence-corrected chi connectivity index (χ2v) is 4.72. The third-order valence-electron chi connectivity index (χ3n) is 3.19. The number of rotatable bonds is 4. The Kier molecular flexibility index (Phi) is 4.17. The van der Waals surface area contributed by atoms with Crippen molar-refractivity contribution in [3.8, 4) is 0 Å². The van der Waals surface area contributed by atoms with Crippen molar-refractivity contribution in [2.75, 3.05) is 11.9 Å². The van der Waals surface area contributed by atoms with Gasteiger partial charge in [0.15, 0.2) is 0 Å². The Morgan fingerprint density at radius 1 is 1.16 bits per heavy atom. The molecule has 0 radical (unpaired) electrons. The van der Waals surface area contributed by atoms with Crippen LogP contribution in [0.5, 0.6) is 0 Å². The molecule has 0 aromatic heterocycles. The standard InChI is InChI=1S/C16H18FNO/c1-11-7-8-13(12(2)9-11)16(10-19)18-15-6-4-3-5-14(15)17/h3-9,16,18-19H,10H2,1-2H3. The number of aryl methyl sites for hydroxylation is 2. The van der Waals surface area contributed by atoms with E-state index in [1.54, 1.807) is 18.2 Å². The highest BCUT2D eigenvalue weighted by atomic mass is 19.1. The second-order valence-electron chi connectivity index (χ2n) is 4.72. The number of anilines is 1. The predicted octanol–water partition coefficient (Wildman–Crippen LogP) is 3.59. The van der Waals surface area contributed by atoms with Crippen LogP contribution in [-0.4, -0.2) is 11.7 Å². The first-order chi connectivity index (χ1) is 9.11. The Morgan fingerprint density at radius 2 is 1.89 bits per heavy atom. The van der Waals surface area contributed by atoms with E-state index in [1.807, 2.05) is 26.0 Å². The van der Waals surface area contributed by atoms with Gasteiger partial charge in [0.1, 0.15) is 5.82 Å². The van der Waals surface area contributed by atoms with E-state index in [0.29, 0.717) is 5.69 Å². The van der Waals surface area contributed by atoms with Gasteiger partial charge in [-0.25, -0.2) is 4.39 Å². The van der Waals surface area contributed by atoms with Crippen molar-refractivity contribution in [1.82, 2.24) is 0 Å². The number of nitrogens with one attached hydrogen (secondary N) is 1. The molecule has 0 bridgehead atoms. The van der Waals surface area contributed by atoms with Gasteiger partial charge in [-0.15, -0.1) is 0 Å². The topological polar surface area (TPSA) is 32.3 Å². The minimum absolute atomic E-state index is 0.0851. The summed E-state index contributed by atoms with van der Waals surface area (Å²) < 4.78 is 13.6.